The first-order valence-electron chi connectivity index (χ1n) is 12.6. The summed E-state index contributed by atoms with van der Waals surface area (Å²) in [5.74, 6) is 1.36. The maximum atomic E-state index is 13.7. The monoisotopic (exact) mass is 538 g/mol. The SMILES string of the molecule is CCCNC(=O)C(Cc1ccccc1)N(Cc1cccc(OC)c1)C(=O)CCCSc1ccc(Cl)cc1. The Morgan fingerprint density at radius 2 is 1.73 bits per heavy atom. The molecule has 2 amide bonds. The number of methoxy groups -OCH3 is 1. The van der Waals surface area contributed by atoms with Crippen LogP contribution in [0.1, 0.15) is 37.3 Å². The molecule has 0 saturated heterocycles. The van der Waals surface area contributed by atoms with Gasteiger partial charge in [-0.05, 0) is 66.1 Å². The van der Waals surface area contributed by atoms with E-state index >= 15 is 0 Å². The Labute approximate surface area is 229 Å². The number of carbonyl (C=O) groups is 2. The molecule has 1 unspecified atom stereocenters. The average molecular weight is 539 g/mol. The van der Waals surface area contributed by atoms with Crippen LogP contribution in [0.5, 0.6) is 5.75 Å². The molecule has 0 saturated carbocycles. The molecule has 5 nitrogen and oxygen atoms in total. The van der Waals surface area contributed by atoms with Crippen molar-refractivity contribution in [3.05, 3.63) is 95.0 Å². The first-order chi connectivity index (χ1) is 18.0. The predicted molar refractivity (Wildman–Crippen MR) is 152 cm³/mol. The lowest BCUT2D eigenvalue weighted by Gasteiger charge is -2.31. The number of ether oxygens (including phenoxy) is 1. The highest BCUT2D eigenvalue weighted by Crippen LogP contribution is 2.23. The molecule has 0 radical (unpaired) electrons. The second-order valence-electron chi connectivity index (χ2n) is 8.78. The minimum Gasteiger partial charge on any atom is -0.497 e. The van der Waals surface area contributed by atoms with E-state index in [4.69, 9.17) is 16.3 Å². The molecule has 3 rings (SSSR count). The fourth-order valence-electron chi connectivity index (χ4n) is 3.98. The molecule has 0 bridgehead atoms. The Morgan fingerprint density at radius 3 is 2.43 bits per heavy atom. The summed E-state index contributed by atoms with van der Waals surface area (Å²) >= 11 is 7.67. The number of hydrogen-bond acceptors (Lipinski definition) is 4. The van der Waals surface area contributed by atoms with Gasteiger partial charge in [-0.3, -0.25) is 9.59 Å². The van der Waals surface area contributed by atoms with Gasteiger partial charge >= 0.3 is 0 Å². The van der Waals surface area contributed by atoms with Gasteiger partial charge in [0, 0.05) is 35.8 Å². The van der Waals surface area contributed by atoms with Crippen molar-refractivity contribution in [1.29, 1.82) is 0 Å². The van der Waals surface area contributed by atoms with Crippen molar-refractivity contribution in [1.82, 2.24) is 10.2 Å². The summed E-state index contributed by atoms with van der Waals surface area (Å²) in [4.78, 5) is 29.9. The molecule has 0 spiro atoms. The van der Waals surface area contributed by atoms with Crippen molar-refractivity contribution < 1.29 is 14.3 Å². The third-order valence-corrected chi connectivity index (χ3v) is 7.28. The van der Waals surface area contributed by atoms with Crippen LogP contribution in [0.4, 0.5) is 0 Å². The summed E-state index contributed by atoms with van der Waals surface area (Å²) in [6.45, 7) is 2.92. The number of nitrogens with one attached hydrogen (secondary N) is 1. The molecule has 0 aliphatic rings. The topological polar surface area (TPSA) is 58.6 Å². The van der Waals surface area contributed by atoms with Gasteiger partial charge in [-0.2, -0.15) is 0 Å². The molecule has 1 atom stereocenters. The summed E-state index contributed by atoms with van der Waals surface area (Å²) in [5.41, 5.74) is 1.94. The summed E-state index contributed by atoms with van der Waals surface area (Å²) in [6.07, 6.45) is 2.34. The zero-order valence-corrected chi connectivity index (χ0v) is 23.1. The van der Waals surface area contributed by atoms with Crippen LogP contribution in [0.25, 0.3) is 0 Å². The van der Waals surface area contributed by atoms with Crippen molar-refractivity contribution in [3.63, 3.8) is 0 Å². The van der Waals surface area contributed by atoms with Crippen molar-refractivity contribution >= 4 is 35.2 Å². The molecule has 37 heavy (non-hydrogen) atoms. The standard InChI is InChI=1S/C30H35ClN2O3S/c1-3-18-32-30(35)28(21-23-9-5-4-6-10-23)33(22-24-11-7-12-26(20-24)36-2)29(34)13-8-19-37-27-16-14-25(31)15-17-27/h4-7,9-12,14-17,20,28H,3,8,13,18-19,21-22H2,1-2H3,(H,32,35). The number of thioether (sulfide) groups is 1. The smallest absolute Gasteiger partial charge is 0.243 e. The first-order valence-corrected chi connectivity index (χ1v) is 14.0. The van der Waals surface area contributed by atoms with Crippen molar-refractivity contribution in [2.24, 2.45) is 0 Å². The fraction of sp³-hybridized carbons (Fsp3) is 0.333. The Hall–Kier alpha value is -2.96. The molecule has 0 aromatic heterocycles. The minimum absolute atomic E-state index is 0.0351. The van der Waals surface area contributed by atoms with Crippen LogP contribution in [-0.2, 0) is 22.6 Å². The van der Waals surface area contributed by atoms with Gasteiger partial charge in [0.25, 0.3) is 0 Å². The molecule has 7 heteroatoms. The Morgan fingerprint density at radius 1 is 1.00 bits per heavy atom. The highest BCUT2D eigenvalue weighted by Gasteiger charge is 2.30. The van der Waals surface area contributed by atoms with Crippen LogP contribution in [0.2, 0.25) is 5.02 Å². The van der Waals surface area contributed by atoms with E-state index in [1.54, 1.807) is 23.8 Å². The van der Waals surface area contributed by atoms with Crippen LogP contribution in [0.15, 0.2) is 83.8 Å². The summed E-state index contributed by atoms with van der Waals surface area (Å²) in [5, 5.41) is 3.72. The fourth-order valence-corrected chi connectivity index (χ4v) is 4.95. The highest BCUT2D eigenvalue weighted by molar-refractivity contribution is 7.99. The summed E-state index contributed by atoms with van der Waals surface area (Å²) in [7, 11) is 1.62. The average Bonchev–Trinajstić information content (AvgIpc) is 2.93. The van der Waals surface area contributed by atoms with E-state index in [1.165, 1.54) is 0 Å². The maximum Gasteiger partial charge on any atom is 0.243 e. The van der Waals surface area contributed by atoms with Gasteiger partial charge in [-0.25, -0.2) is 0 Å². The number of amides is 2. The second kappa shape index (κ2) is 15.3. The number of nitrogens with zero attached hydrogens (tertiary/aromatic N) is 1. The molecule has 1 N–H and O–H groups in total. The number of hydrogen-bond donors (Lipinski definition) is 1. The molecule has 0 aliphatic carbocycles. The molecular formula is C30H35ClN2O3S. The van der Waals surface area contributed by atoms with Gasteiger partial charge in [0.15, 0.2) is 0 Å². The van der Waals surface area contributed by atoms with Gasteiger partial charge in [-0.15, -0.1) is 11.8 Å². The van der Waals surface area contributed by atoms with E-state index in [0.29, 0.717) is 37.4 Å². The Bertz CT molecular complexity index is 1130. The predicted octanol–water partition coefficient (Wildman–Crippen LogP) is 6.39. The quantitative estimate of drug-likeness (QED) is 0.191. The van der Waals surface area contributed by atoms with Gasteiger partial charge in [0.1, 0.15) is 11.8 Å². The van der Waals surface area contributed by atoms with Crippen molar-refractivity contribution in [2.75, 3.05) is 19.4 Å². The van der Waals surface area contributed by atoms with Gasteiger partial charge in [0.05, 0.1) is 7.11 Å². The Kier molecular flexibility index (Phi) is 11.9. The molecule has 196 valence electrons. The first kappa shape index (κ1) is 28.6. The summed E-state index contributed by atoms with van der Waals surface area (Å²) in [6, 6.07) is 24.6. The van der Waals surface area contributed by atoms with E-state index in [2.05, 4.69) is 5.32 Å². The third kappa shape index (κ3) is 9.45. The third-order valence-electron chi connectivity index (χ3n) is 5.92. The molecule has 0 aliphatic heterocycles. The van der Waals surface area contributed by atoms with E-state index in [-0.39, 0.29) is 11.8 Å². The van der Waals surface area contributed by atoms with E-state index in [0.717, 1.165) is 33.9 Å². The second-order valence-corrected chi connectivity index (χ2v) is 10.4. The van der Waals surface area contributed by atoms with E-state index < -0.39 is 6.04 Å². The Balaban J connectivity index is 1.78. The van der Waals surface area contributed by atoms with Crippen molar-refractivity contribution in [2.45, 2.75) is 50.1 Å². The van der Waals surface area contributed by atoms with Gasteiger partial charge in [0.2, 0.25) is 11.8 Å². The maximum absolute atomic E-state index is 13.7. The zero-order valence-electron chi connectivity index (χ0n) is 21.5. The minimum atomic E-state index is -0.614. The molecule has 3 aromatic carbocycles. The molecule has 3 aromatic rings. The van der Waals surface area contributed by atoms with Crippen LogP contribution < -0.4 is 10.1 Å². The van der Waals surface area contributed by atoms with Crippen LogP contribution in [0.3, 0.4) is 0 Å². The normalized spacial score (nSPS) is 11.5. The lowest BCUT2D eigenvalue weighted by Crippen LogP contribution is -2.50. The van der Waals surface area contributed by atoms with E-state index in [9.17, 15) is 9.59 Å². The van der Waals surface area contributed by atoms with Crippen LogP contribution in [-0.4, -0.2) is 42.2 Å². The molecule has 0 fully saturated rings. The zero-order chi connectivity index (χ0) is 26.5. The molecular weight excluding hydrogens is 504 g/mol. The number of benzene rings is 3. The van der Waals surface area contributed by atoms with E-state index in [1.807, 2.05) is 85.8 Å². The lowest BCUT2D eigenvalue weighted by atomic mass is 10.0. The summed E-state index contributed by atoms with van der Waals surface area (Å²) < 4.78 is 5.39. The number of carbonyl (C=O) groups excluding carboxylic acids is 2. The molecule has 0 heterocycles. The van der Waals surface area contributed by atoms with Gasteiger partial charge in [-0.1, -0.05) is 61.0 Å². The van der Waals surface area contributed by atoms with Crippen LogP contribution in [0, 0.1) is 0 Å². The van der Waals surface area contributed by atoms with Crippen LogP contribution >= 0.6 is 23.4 Å². The number of halogens is 1. The largest absolute Gasteiger partial charge is 0.497 e. The lowest BCUT2D eigenvalue weighted by molar-refractivity contribution is -0.141. The highest BCUT2D eigenvalue weighted by atomic mass is 35.5. The number of rotatable bonds is 14. The van der Waals surface area contributed by atoms with Crippen molar-refractivity contribution in [3.8, 4) is 5.75 Å². The van der Waals surface area contributed by atoms with Gasteiger partial charge < -0.3 is 15.0 Å².